The first-order valence-electron chi connectivity index (χ1n) is 8.72. The lowest BCUT2D eigenvalue weighted by Gasteiger charge is -2.42. The highest BCUT2D eigenvalue weighted by Gasteiger charge is 2.33. The van der Waals surface area contributed by atoms with Gasteiger partial charge >= 0.3 is 5.97 Å². The van der Waals surface area contributed by atoms with Gasteiger partial charge in [0.15, 0.2) is 11.6 Å². The maximum absolute atomic E-state index is 14.0. The highest BCUT2D eigenvalue weighted by atomic mass is 19.1. The number of ether oxygens (including phenoxy) is 2. The largest absolute Gasteiger partial charge is 0.494 e. The Kier molecular flexibility index (Phi) is 5.88. The van der Waals surface area contributed by atoms with Gasteiger partial charge in [-0.3, -0.25) is 14.6 Å². The third-order valence-electron chi connectivity index (χ3n) is 5.15. The minimum absolute atomic E-state index is 0.122. The van der Waals surface area contributed by atoms with Crippen molar-refractivity contribution < 1.29 is 23.8 Å². The number of hydrogen-bond acceptors (Lipinski definition) is 5. The van der Waals surface area contributed by atoms with Crippen LogP contribution in [0.5, 0.6) is 5.75 Å². The first kappa shape index (κ1) is 18.1. The van der Waals surface area contributed by atoms with Crippen LogP contribution >= 0.6 is 0 Å². The summed E-state index contributed by atoms with van der Waals surface area (Å²) in [6, 6.07) is 4.07. The van der Waals surface area contributed by atoms with Crippen molar-refractivity contribution >= 4 is 5.97 Å². The number of nitrogens with zero attached hydrogens (tertiary/aromatic N) is 2. The summed E-state index contributed by atoms with van der Waals surface area (Å²) in [5, 5.41) is 9.69. The van der Waals surface area contributed by atoms with Crippen molar-refractivity contribution in [1.29, 1.82) is 0 Å². The predicted molar refractivity (Wildman–Crippen MR) is 90.3 cm³/mol. The molecule has 1 aromatic carbocycles. The second-order valence-electron chi connectivity index (χ2n) is 6.55. The van der Waals surface area contributed by atoms with Crippen molar-refractivity contribution in [1.82, 2.24) is 9.80 Å². The van der Waals surface area contributed by atoms with E-state index in [1.165, 1.54) is 19.2 Å². The van der Waals surface area contributed by atoms with Crippen molar-refractivity contribution in [2.24, 2.45) is 0 Å². The molecule has 0 aromatic heterocycles. The van der Waals surface area contributed by atoms with Gasteiger partial charge in [-0.05, 0) is 30.5 Å². The molecule has 7 heteroatoms. The fourth-order valence-electron chi connectivity index (χ4n) is 3.77. The fourth-order valence-corrected chi connectivity index (χ4v) is 3.77. The van der Waals surface area contributed by atoms with Gasteiger partial charge in [0.25, 0.3) is 0 Å². The van der Waals surface area contributed by atoms with E-state index < -0.39 is 17.8 Å². The zero-order valence-corrected chi connectivity index (χ0v) is 14.5. The van der Waals surface area contributed by atoms with Gasteiger partial charge < -0.3 is 14.6 Å². The number of carbonyl (C=O) groups is 1. The molecule has 1 N–H and O–H groups in total. The summed E-state index contributed by atoms with van der Waals surface area (Å²) in [5.41, 5.74) is 0.449. The van der Waals surface area contributed by atoms with Crippen LogP contribution in [0.4, 0.5) is 4.39 Å². The normalized spacial score (nSPS) is 21.8. The molecular weight excluding hydrogens is 327 g/mol. The Morgan fingerprint density at radius 2 is 1.96 bits per heavy atom. The minimum Gasteiger partial charge on any atom is -0.494 e. The van der Waals surface area contributed by atoms with Crippen molar-refractivity contribution in [3.63, 3.8) is 0 Å². The summed E-state index contributed by atoms with van der Waals surface area (Å²) >= 11 is 0. The highest BCUT2D eigenvalue weighted by Crippen LogP contribution is 2.28. The zero-order chi connectivity index (χ0) is 17.8. The molecule has 6 nitrogen and oxygen atoms in total. The van der Waals surface area contributed by atoms with Crippen molar-refractivity contribution in [2.75, 3.05) is 46.5 Å². The third-order valence-corrected chi connectivity index (χ3v) is 5.15. The third kappa shape index (κ3) is 4.11. The Bertz CT molecular complexity index is 599. The standard InChI is InChI=1S/C18H25FN2O4/c1-24-16-3-2-13(12-15(16)19)17(18(22)23)21-8-6-20(7-9-21)14-4-10-25-11-5-14/h2-3,12,14,17H,4-11H2,1H3,(H,22,23). The molecule has 25 heavy (non-hydrogen) atoms. The lowest BCUT2D eigenvalue weighted by molar-refractivity contribution is -0.144. The molecule has 2 fully saturated rings. The Morgan fingerprint density at radius 3 is 2.52 bits per heavy atom. The number of methoxy groups -OCH3 is 1. The Labute approximate surface area is 147 Å². The molecule has 0 spiro atoms. The van der Waals surface area contributed by atoms with Gasteiger partial charge in [-0.2, -0.15) is 0 Å². The van der Waals surface area contributed by atoms with E-state index in [1.807, 2.05) is 4.90 Å². The molecule has 2 aliphatic heterocycles. The maximum atomic E-state index is 14.0. The Hall–Kier alpha value is -1.70. The van der Waals surface area contributed by atoms with Gasteiger partial charge in [-0.25, -0.2) is 4.39 Å². The second-order valence-corrected chi connectivity index (χ2v) is 6.55. The lowest BCUT2D eigenvalue weighted by Crippen LogP contribution is -2.53. The molecule has 2 saturated heterocycles. The maximum Gasteiger partial charge on any atom is 0.325 e. The van der Waals surface area contributed by atoms with E-state index in [9.17, 15) is 14.3 Å². The molecule has 3 rings (SSSR count). The summed E-state index contributed by atoms with van der Waals surface area (Å²) in [5.74, 6) is -1.37. The number of carboxylic acids is 1. The number of piperazine rings is 1. The monoisotopic (exact) mass is 352 g/mol. The number of rotatable bonds is 5. The van der Waals surface area contributed by atoms with Crippen LogP contribution in [0.1, 0.15) is 24.4 Å². The summed E-state index contributed by atoms with van der Waals surface area (Å²) in [7, 11) is 1.39. The quantitative estimate of drug-likeness (QED) is 0.871. The lowest BCUT2D eigenvalue weighted by atomic mass is 10.0. The number of halogens is 1. The van der Waals surface area contributed by atoms with Gasteiger partial charge in [-0.15, -0.1) is 0 Å². The number of hydrogen-bond donors (Lipinski definition) is 1. The van der Waals surface area contributed by atoms with Gasteiger partial charge in [0.05, 0.1) is 7.11 Å². The number of benzene rings is 1. The van der Waals surface area contributed by atoms with Crippen LogP contribution < -0.4 is 4.74 Å². The van der Waals surface area contributed by atoms with E-state index in [0.29, 0.717) is 24.7 Å². The molecule has 0 aliphatic carbocycles. The second kappa shape index (κ2) is 8.12. The molecular formula is C18H25FN2O4. The van der Waals surface area contributed by atoms with Crippen LogP contribution in [0.15, 0.2) is 18.2 Å². The number of carboxylic acid groups (broad SMARTS) is 1. The average molecular weight is 352 g/mol. The summed E-state index contributed by atoms with van der Waals surface area (Å²) < 4.78 is 24.3. The van der Waals surface area contributed by atoms with Crippen molar-refractivity contribution in [3.8, 4) is 5.75 Å². The highest BCUT2D eigenvalue weighted by molar-refractivity contribution is 5.75. The summed E-state index contributed by atoms with van der Waals surface area (Å²) in [6.45, 7) is 4.56. The smallest absolute Gasteiger partial charge is 0.325 e. The Morgan fingerprint density at radius 1 is 1.28 bits per heavy atom. The van der Waals surface area contributed by atoms with Crippen LogP contribution in [0.2, 0.25) is 0 Å². The molecule has 1 unspecified atom stereocenters. The van der Waals surface area contributed by atoms with Crippen LogP contribution in [0.25, 0.3) is 0 Å². The number of aliphatic carboxylic acids is 1. The molecule has 2 aliphatic rings. The van der Waals surface area contributed by atoms with Gasteiger partial charge in [0.2, 0.25) is 0 Å². The first-order valence-corrected chi connectivity index (χ1v) is 8.72. The van der Waals surface area contributed by atoms with Gasteiger partial charge in [0.1, 0.15) is 6.04 Å². The molecule has 1 atom stereocenters. The van der Waals surface area contributed by atoms with Crippen molar-refractivity contribution in [2.45, 2.75) is 24.9 Å². The fraction of sp³-hybridized carbons (Fsp3) is 0.611. The van der Waals surface area contributed by atoms with Crippen molar-refractivity contribution in [3.05, 3.63) is 29.6 Å². The van der Waals surface area contributed by atoms with Crippen LogP contribution in [0.3, 0.4) is 0 Å². The van der Waals surface area contributed by atoms with E-state index >= 15 is 0 Å². The van der Waals surface area contributed by atoms with E-state index in [1.54, 1.807) is 6.07 Å². The summed E-state index contributed by atoms with van der Waals surface area (Å²) in [6.07, 6.45) is 2.07. The topological polar surface area (TPSA) is 62.2 Å². The summed E-state index contributed by atoms with van der Waals surface area (Å²) in [4.78, 5) is 16.2. The van der Waals surface area contributed by atoms with E-state index in [-0.39, 0.29) is 5.75 Å². The molecule has 0 bridgehead atoms. The van der Waals surface area contributed by atoms with Gasteiger partial charge in [-0.1, -0.05) is 6.07 Å². The molecule has 0 radical (unpaired) electrons. The zero-order valence-electron chi connectivity index (χ0n) is 14.5. The van der Waals surface area contributed by atoms with Crippen LogP contribution in [0, 0.1) is 5.82 Å². The van der Waals surface area contributed by atoms with Gasteiger partial charge in [0, 0.05) is 45.4 Å². The molecule has 2 heterocycles. The van der Waals surface area contributed by atoms with E-state index in [0.717, 1.165) is 39.1 Å². The minimum atomic E-state index is -0.955. The Balaban J connectivity index is 1.68. The molecule has 1 aromatic rings. The SMILES string of the molecule is COc1ccc(C(C(=O)O)N2CCN(C3CCOCC3)CC2)cc1F. The molecule has 0 saturated carbocycles. The van der Waals surface area contributed by atoms with E-state index in [4.69, 9.17) is 9.47 Å². The predicted octanol–water partition coefficient (Wildman–Crippen LogP) is 1.76. The molecule has 0 amide bonds. The average Bonchev–Trinajstić information content (AvgIpc) is 2.63. The van der Waals surface area contributed by atoms with E-state index in [2.05, 4.69) is 4.90 Å². The van der Waals surface area contributed by atoms with Crippen LogP contribution in [-0.2, 0) is 9.53 Å². The first-order chi connectivity index (χ1) is 12.1. The van der Waals surface area contributed by atoms with Crippen LogP contribution in [-0.4, -0.2) is 73.4 Å². The molecule has 138 valence electrons.